The molecular formula is C24H21N8O2+. The topological polar surface area (TPSA) is 134 Å². The quantitative estimate of drug-likeness (QED) is 0.417. The third-order valence-electron chi connectivity index (χ3n) is 5.74. The van der Waals surface area contributed by atoms with Crippen molar-refractivity contribution in [3.8, 4) is 22.4 Å². The van der Waals surface area contributed by atoms with Crippen molar-refractivity contribution in [1.82, 2.24) is 29.4 Å². The fourth-order valence-corrected chi connectivity index (χ4v) is 4.09. The predicted octanol–water partition coefficient (Wildman–Crippen LogP) is 2.76. The molecule has 34 heavy (non-hydrogen) atoms. The number of nitrogen functional groups attached to an aromatic ring is 1. The minimum absolute atomic E-state index is 0.00547. The fraction of sp³-hybridized carbons (Fsp3) is 0.125. The van der Waals surface area contributed by atoms with E-state index in [0.29, 0.717) is 22.6 Å². The van der Waals surface area contributed by atoms with Crippen LogP contribution in [0.4, 0.5) is 5.95 Å². The van der Waals surface area contributed by atoms with E-state index in [2.05, 4.69) is 25.3 Å². The summed E-state index contributed by atoms with van der Waals surface area (Å²) in [4.78, 5) is 20.6. The monoisotopic (exact) mass is 458 g/mol. The van der Waals surface area contributed by atoms with E-state index in [1.807, 2.05) is 19.1 Å². The number of fused-ring (bicyclic) bond motifs is 2. The van der Waals surface area contributed by atoms with Gasteiger partial charge in [-0.2, -0.15) is 9.78 Å². The summed E-state index contributed by atoms with van der Waals surface area (Å²) in [5.41, 5.74) is 8.94. The molecule has 0 fully saturated rings. The number of rotatable bonds is 4. The number of nitrogens with zero attached hydrogens (tertiary/aromatic N) is 5. The molecule has 2 aromatic carbocycles. The van der Waals surface area contributed by atoms with E-state index in [4.69, 9.17) is 17.0 Å². The average Bonchev–Trinajstić information content (AvgIpc) is 3.62. The van der Waals surface area contributed by atoms with Crippen molar-refractivity contribution < 1.29 is 16.3 Å². The minimum atomic E-state index is -0.559. The van der Waals surface area contributed by atoms with E-state index in [1.54, 1.807) is 13.1 Å². The van der Waals surface area contributed by atoms with E-state index >= 15 is 0 Å². The van der Waals surface area contributed by atoms with Gasteiger partial charge in [0.25, 0.3) is 0 Å². The van der Waals surface area contributed by atoms with E-state index < -0.39 is 35.9 Å². The lowest BCUT2D eigenvalue weighted by Gasteiger charge is -2.10. The first-order chi connectivity index (χ1) is 18.6. The summed E-state index contributed by atoms with van der Waals surface area (Å²) in [6.07, 6.45) is 2.92. The molecule has 0 aliphatic carbocycles. The molecule has 10 nitrogen and oxygen atoms in total. The Kier molecular flexibility index (Phi) is 3.31. The summed E-state index contributed by atoms with van der Waals surface area (Å²) in [5.74, 6) is 0.393. The maximum absolute atomic E-state index is 13.5. The number of benzene rings is 2. The first kappa shape index (κ1) is 15.2. The van der Waals surface area contributed by atoms with Crippen molar-refractivity contribution >= 4 is 22.5 Å². The van der Waals surface area contributed by atoms with Gasteiger partial charge in [0.05, 0.1) is 30.7 Å². The van der Waals surface area contributed by atoms with Crippen LogP contribution in [0, 0.1) is 13.8 Å². The number of oxazole rings is 1. The predicted molar refractivity (Wildman–Crippen MR) is 126 cm³/mol. The second-order valence-electron chi connectivity index (χ2n) is 7.84. The van der Waals surface area contributed by atoms with Gasteiger partial charge in [0.2, 0.25) is 5.65 Å². The maximum atomic E-state index is 13.5. The van der Waals surface area contributed by atoms with E-state index in [9.17, 15) is 4.79 Å². The van der Waals surface area contributed by atoms with Gasteiger partial charge in [-0.1, -0.05) is 30.2 Å². The van der Waals surface area contributed by atoms with Crippen molar-refractivity contribution in [1.29, 1.82) is 0 Å². The largest absolute Gasteiger partial charge is 0.448 e. The molecule has 6 aromatic rings. The molecule has 10 heteroatoms. The van der Waals surface area contributed by atoms with Crippen LogP contribution >= 0.6 is 0 Å². The first-order valence-electron chi connectivity index (χ1n) is 12.8. The second-order valence-corrected chi connectivity index (χ2v) is 7.84. The van der Waals surface area contributed by atoms with Gasteiger partial charge in [0.15, 0.2) is 6.39 Å². The zero-order chi connectivity index (χ0) is 27.7. The molecule has 0 saturated carbocycles. The first-order valence-corrected chi connectivity index (χ1v) is 10.3. The number of nitrogens with two attached hydrogens (primary N) is 1. The highest BCUT2D eigenvalue weighted by Gasteiger charge is 2.26. The van der Waals surface area contributed by atoms with E-state index in [0.717, 1.165) is 16.5 Å². The Morgan fingerprint density at radius 2 is 2.03 bits per heavy atom. The highest BCUT2D eigenvalue weighted by atomic mass is 16.3. The molecule has 0 radical (unpaired) electrons. The number of H-pyrrole nitrogens is 2. The zero-order valence-corrected chi connectivity index (χ0v) is 18.1. The fourth-order valence-electron chi connectivity index (χ4n) is 4.09. The molecule has 0 unspecified atom stereocenters. The van der Waals surface area contributed by atoms with Crippen LogP contribution in [0.15, 0.2) is 64.1 Å². The Balaban J connectivity index is 1.75. The van der Waals surface area contributed by atoms with Crippen LogP contribution in [0.2, 0.25) is 0 Å². The normalized spacial score (nSPS) is 13.6. The SMILES string of the molecule is [2H]c1c([2H])c([2H])c(-c2[nH+]c(N)n3c(=O)n(Cc4ncoc4C)nc3c2-c2cc(C)c3[nH]ncc3c2)c([2H])c1[2H]. The molecule has 6 rings (SSSR count). The maximum Gasteiger partial charge on any atom is 0.411 e. The third kappa shape index (κ3) is 2.99. The summed E-state index contributed by atoms with van der Waals surface area (Å²) >= 11 is 0. The molecule has 4 aromatic heterocycles. The summed E-state index contributed by atoms with van der Waals surface area (Å²) in [7, 11) is 0. The summed E-state index contributed by atoms with van der Waals surface area (Å²) in [6.45, 7) is 3.60. The van der Waals surface area contributed by atoms with Crippen LogP contribution in [0.5, 0.6) is 0 Å². The van der Waals surface area contributed by atoms with Gasteiger partial charge in [-0.15, -0.1) is 9.50 Å². The Morgan fingerprint density at radius 1 is 1.21 bits per heavy atom. The van der Waals surface area contributed by atoms with E-state index in [-0.39, 0.29) is 29.4 Å². The van der Waals surface area contributed by atoms with Gasteiger partial charge < -0.3 is 4.42 Å². The Morgan fingerprint density at radius 3 is 2.79 bits per heavy atom. The van der Waals surface area contributed by atoms with Crippen molar-refractivity contribution in [2.24, 2.45) is 0 Å². The molecule has 4 heterocycles. The number of anilines is 1. The number of hydrogen-bond donors (Lipinski definition) is 2. The second kappa shape index (κ2) is 7.41. The van der Waals surface area contributed by atoms with Crippen molar-refractivity contribution in [3.05, 3.63) is 82.4 Å². The Hall–Kier alpha value is -4.73. The van der Waals surface area contributed by atoms with Crippen LogP contribution in [-0.2, 0) is 6.54 Å². The van der Waals surface area contributed by atoms with Crippen molar-refractivity contribution in [2.45, 2.75) is 20.4 Å². The lowest BCUT2D eigenvalue weighted by Crippen LogP contribution is -2.28. The number of aromatic amines is 2. The van der Waals surface area contributed by atoms with Gasteiger partial charge in [0.1, 0.15) is 17.1 Å². The van der Waals surface area contributed by atoms with Gasteiger partial charge in [-0.05, 0) is 37.1 Å². The van der Waals surface area contributed by atoms with Crippen LogP contribution in [-0.4, -0.2) is 29.4 Å². The van der Waals surface area contributed by atoms with Crippen molar-refractivity contribution in [3.63, 3.8) is 0 Å². The molecule has 0 spiro atoms. The van der Waals surface area contributed by atoms with E-state index in [1.165, 1.54) is 15.5 Å². The Bertz CT molecular complexity index is 1990. The summed E-state index contributed by atoms with van der Waals surface area (Å²) in [6, 6.07) is 1.26. The summed E-state index contributed by atoms with van der Waals surface area (Å²) in [5, 5.41) is 12.4. The van der Waals surface area contributed by atoms with Crippen LogP contribution in [0.3, 0.4) is 0 Å². The lowest BCUT2D eigenvalue weighted by molar-refractivity contribution is -0.351. The molecule has 0 aliphatic rings. The molecular weight excluding hydrogens is 432 g/mol. The minimum Gasteiger partial charge on any atom is -0.448 e. The van der Waals surface area contributed by atoms with Crippen LogP contribution in [0.25, 0.3) is 38.9 Å². The molecule has 168 valence electrons. The van der Waals surface area contributed by atoms with Crippen molar-refractivity contribution in [2.75, 3.05) is 5.73 Å². The molecule has 0 bridgehead atoms. The number of aromatic nitrogens is 7. The van der Waals surface area contributed by atoms with Crippen LogP contribution in [0.1, 0.15) is 23.9 Å². The van der Waals surface area contributed by atoms with Crippen LogP contribution < -0.4 is 16.4 Å². The standard InChI is InChI=1S/C24H20N8O2/c1-13-8-16(9-17-10-27-29-20(13)17)19-21(15-6-4-3-5-7-15)28-23(25)32-22(19)30-31(24(32)33)11-18-14(2)34-12-26-18/h3-10,12H,11H2,1-2H3,(H2,25,28)(H,27,29)/p+1/i3D,4D,5D,6D,7D. The van der Waals surface area contributed by atoms with Gasteiger partial charge in [-0.25, -0.2) is 14.8 Å². The average molecular weight is 459 g/mol. The highest BCUT2D eigenvalue weighted by Crippen LogP contribution is 2.34. The third-order valence-corrected chi connectivity index (χ3v) is 5.74. The zero-order valence-electron chi connectivity index (χ0n) is 23.1. The molecule has 0 amide bonds. The molecule has 0 aliphatic heterocycles. The molecule has 0 atom stereocenters. The Labute approximate surface area is 199 Å². The smallest absolute Gasteiger partial charge is 0.411 e. The lowest BCUT2D eigenvalue weighted by atomic mass is 9.97. The molecule has 4 N–H and O–H groups in total. The van der Waals surface area contributed by atoms with Gasteiger partial charge in [-0.3, -0.25) is 10.8 Å². The van der Waals surface area contributed by atoms with Gasteiger partial charge >= 0.3 is 11.6 Å². The van der Waals surface area contributed by atoms with Gasteiger partial charge in [0, 0.05) is 10.9 Å². The number of nitrogens with one attached hydrogen (secondary N) is 2. The highest BCUT2D eigenvalue weighted by molar-refractivity contribution is 5.94. The number of hydrogen-bond acceptors (Lipinski definition) is 6. The molecule has 0 saturated heterocycles. The number of aryl methyl sites for hydroxylation is 2. The summed E-state index contributed by atoms with van der Waals surface area (Å²) < 4.78 is 49.3.